The van der Waals surface area contributed by atoms with Crippen LogP contribution in [0.25, 0.3) is 10.9 Å². The number of nitrogens with one attached hydrogen (secondary N) is 1. The second-order valence-corrected chi connectivity index (χ2v) is 7.23. The van der Waals surface area contributed by atoms with Crippen molar-refractivity contribution < 1.29 is 14.7 Å². The minimum absolute atomic E-state index is 0.0357. The zero-order valence-electron chi connectivity index (χ0n) is 13.8. The van der Waals surface area contributed by atoms with Gasteiger partial charge in [0, 0.05) is 30.2 Å². The van der Waals surface area contributed by atoms with Crippen molar-refractivity contribution in [2.75, 3.05) is 13.1 Å². The summed E-state index contributed by atoms with van der Waals surface area (Å²) in [6.45, 7) is 3.00. The van der Waals surface area contributed by atoms with Crippen LogP contribution in [-0.2, 0) is 16.0 Å². The first-order chi connectivity index (χ1) is 11.5. The molecular formula is C19H22N2O3. The number of H-pyrrole nitrogens is 1. The van der Waals surface area contributed by atoms with Gasteiger partial charge in [-0.1, -0.05) is 12.1 Å². The predicted molar refractivity (Wildman–Crippen MR) is 90.7 cm³/mol. The largest absolute Gasteiger partial charge is 0.481 e. The van der Waals surface area contributed by atoms with Gasteiger partial charge in [-0.3, -0.25) is 9.59 Å². The number of fused-ring (bicyclic) bond motifs is 1. The number of aryl methyl sites for hydroxylation is 1. The van der Waals surface area contributed by atoms with Crippen LogP contribution in [0.3, 0.4) is 0 Å². The molecule has 5 nitrogen and oxygen atoms in total. The number of hydrogen-bond donors (Lipinski definition) is 2. The maximum absolute atomic E-state index is 12.7. The number of benzene rings is 1. The standard InChI is InChI=1S/C19H22N2O3/c1-11-3-2-4-16-18(11)13(8-20-16)7-17(22)21-9-14(12-5-6-12)15(10-21)19(23)24/h2-4,8,12,14-15,20H,5-7,9-10H2,1H3,(H,23,24)/t14-,15+/m1/s1. The smallest absolute Gasteiger partial charge is 0.308 e. The van der Waals surface area contributed by atoms with Crippen molar-refractivity contribution in [1.82, 2.24) is 9.88 Å². The fraction of sp³-hybridized carbons (Fsp3) is 0.474. The Balaban J connectivity index is 1.53. The van der Waals surface area contributed by atoms with Crippen molar-refractivity contribution in [2.45, 2.75) is 26.2 Å². The van der Waals surface area contributed by atoms with Gasteiger partial charge in [-0.25, -0.2) is 0 Å². The third kappa shape index (κ3) is 2.58. The number of nitrogens with zero attached hydrogens (tertiary/aromatic N) is 1. The first-order valence-corrected chi connectivity index (χ1v) is 8.60. The molecule has 2 heterocycles. The lowest BCUT2D eigenvalue weighted by atomic mass is 9.92. The highest BCUT2D eigenvalue weighted by molar-refractivity contribution is 5.91. The Labute approximate surface area is 140 Å². The van der Waals surface area contributed by atoms with Gasteiger partial charge in [-0.15, -0.1) is 0 Å². The fourth-order valence-electron chi connectivity index (χ4n) is 4.16. The Hall–Kier alpha value is -2.30. The van der Waals surface area contributed by atoms with E-state index in [-0.39, 0.29) is 11.8 Å². The molecule has 1 saturated heterocycles. The molecule has 0 spiro atoms. The summed E-state index contributed by atoms with van der Waals surface area (Å²) < 4.78 is 0. The molecule has 5 heteroatoms. The lowest BCUT2D eigenvalue weighted by Gasteiger charge is -2.16. The van der Waals surface area contributed by atoms with Crippen LogP contribution in [-0.4, -0.2) is 40.0 Å². The highest BCUT2D eigenvalue weighted by Crippen LogP contribution is 2.44. The summed E-state index contributed by atoms with van der Waals surface area (Å²) in [6, 6.07) is 6.05. The third-order valence-electron chi connectivity index (χ3n) is 5.60. The minimum Gasteiger partial charge on any atom is -0.481 e. The van der Waals surface area contributed by atoms with Gasteiger partial charge in [-0.05, 0) is 48.8 Å². The molecule has 1 aliphatic heterocycles. The van der Waals surface area contributed by atoms with Crippen molar-refractivity contribution in [3.63, 3.8) is 0 Å². The molecule has 2 fully saturated rings. The number of amides is 1. The molecule has 2 aliphatic rings. The van der Waals surface area contributed by atoms with E-state index < -0.39 is 11.9 Å². The van der Waals surface area contributed by atoms with Crippen molar-refractivity contribution in [2.24, 2.45) is 17.8 Å². The van der Waals surface area contributed by atoms with Crippen LogP contribution in [0.15, 0.2) is 24.4 Å². The topological polar surface area (TPSA) is 73.4 Å². The van der Waals surface area contributed by atoms with E-state index in [0.717, 1.165) is 34.9 Å². The molecule has 2 atom stereocenters. The summed E-state index contributed by atoms with van der Waals surface area (Å²) >= 11 is 0. The molecule has 4 rings (SSSR count). The van der Waals surface area contributed by atoms with Gasteiger partial charge in [0.25, 0.3) is 0 Å². The molecule has 126 valence electrons. The van der Waals surface area contributed by atoms with Gasteiger partial charge < -0.3 is 15.0 Å². The number of aromatic amines is 1. The number of aliphatic carboxylic acids is 1. The molecule has 1 aromatic heterocycles. The van der Waals surface area contributed by atoms with Crippen LogP contribution in [0.4, 0.5) is 0 Å². The molecule has 1 saturated carbocycles. The summed E-state index contributed by atoms with van der Waals surface area (Å²) in [7, 11) is 0. The first-order valence-electron chi connectivity index (χ1n) is 8.60. The fourth-order valence-corrected chi connectivity index (χ4v) is 4.16. The lowest BCUT2D eigenvalue weighted by Crippen LogP contribution is -2.31. The zero-order chi connectivity index (χ0) is 16.8. The Kier molecular flexibility index (Phi) is 3.59. The van der Waals surface area contributed by atoms with Crippen LogP contribution in [0.1, 0.15) is 24.0 Å². The van der Waals surface area contributed by atoms with E-state index in [4.69, 9.17) is 0 Å². The van der Waals surface area contributed by atoms with Crippen LogP contribution in [0.5, 0.6) is 0 Å². The average Bonchev–Trinajstić information content (AvgIpc) is 3.15. The van der Waals surface area contributed by atoms with E-state index in [9.17, 15) is 14.7 Å². The number of likely N-dealkylation sites (tertiary alicyclic amines) is 1. The third-order valence-corrected chi connectivity index (χ3v) is 5.60. The molecule has 1 aliphatic carbocycles. The van der Waals surface area contributed by atoms with Crippen molar-refractivity contribution in [3.05, 3.63) is 35.5 Å². The number of carbonyl (C=O) groups is 2. The van der Waals surface area contributed by atoms with Crippen LogP contribution in [0, 0.1) is 24.7 Å². The number of aromatic nitrogens is 1. The van der Waals surface area contributed by atoms with Gasteiger partial charge in [0.2, 0.25) is 5.91 Å². The normalized spacial score (nSPS) is 23.8. The Bertz CT molecular complexity index is 806. The molecule has 24 heavy (non-hydrogen) atoms. The van der Waals surface area contributed by atoms with E-state index in [2.05, 4.69) is 4.98 Å². The summed E-state index contributed by atoms with van der Waals surface area (Å²) in [6.07, 6.45) is 4.45. The van der Waals surface area contributed by atoms with Crippen LogP contribution < -0.4 is 0 Å². The van der Waals surface area contributed by atoms with Gasteiger partial charge in [0.05, 0.1) is 12.3 Å². The van der Waals surface area contributed by atoms with Gasteiger partial charge >= 0.3 is 5.97 Å². The minimum atomic E-state index is -0.759. The number of carboxylic acids is 1. The van der Waals surface area contributed by atoms with Crippen molar-refractivity contribution in [1.29, 1.82) is 0 Å². The van der Waals surface area contributed by atoms with Gasteiger partial charge in [0.1, 0.15) is 0 Å². The van der Waals surface area contributed by atoms with E-state index in [0.29, 0.717) is 25.4 Å². The highest BCUT2D eigenvalue weighted by Gasteiger charge is 2.46. The summed E-state index contributed by atoms with van der Waals surface area (Å²) in [5.41, 5.74) is 3.19. The van der Waals surface area contributed by atoms with Crippen molar-refractivity contribution in [3.8, 4) is 0 Å². The molecule has 2 N–H and O–H groups in total. The van der Waals surface area contributed by atoms with Gasteiger partial charge in [0.15, 0.2) is 0 Å². The number of carbonyl (C=O) groups excluding carboxylic acids is 1. The van der Waals surface area contributed by atoms with Crippen molar-refractivity contribution >= 4 is 22.8 Å². The molecular weight excluding hydrogens is 304 g/mol. The molecule has 1 aromatic carbocycles. The second kappa shape index (κ2) is 5.65. The summed E-state index contributed by atoms with van der Waals surface area (Å²) in [4.78, 5) is 29.2. The summed E-state index contributed by atoms with van der Waals surface area (Å²) in [5, 5.41) is 10.6. The molecule has 0 bridgehead atoms. The number of hydrogen-bond acceptors (Lipinski definition) is 2. The van der Waals surface area contributed by atoms with Gasteiger partial charge in [-0.2, -0.15) is 0 Å². The Morgan fingerprint density at radius 3 is 2.79 bits per heavy atom. The van der Waals surface area contributed by atoms with E-state index >= 15 is 0 Å². The monoisotopic (exact) mass is 326 g/mol. The highest BCUT2D eigenvalue weighted by atomic mass is 16.4. The average molecular weight is 326 g/mol. The zero-order valence-corrected chi connectivity index (χ0v) is 13.8. The second-order valence-electron chi connectivity index (χ2n) is 7.23. The number of carboxylic acid groups (broad SMARTS) is 1. The van der Waals surface area contributed by atoms with E-state index in [1.54, 1.807) is 4.90 Å². The Morgan fingerprint density at radius 2 is 2.08 bits per heavy atom. The number of rotatable bonds is 4. The maximum atomic E-state index is 12.7. The summed E-state index contributed by atoms with van der Waals surface area (Å²) in [5.74, 6) is -0.486. The Morgan fingerprint density at radius 1 is 1.29 bits per heavy atom. The lowest BCUT2D eigenvalue weighted by molar-refractivity contribution is -0.142. The van der Waals surface area contributed by atoms with Crippen LogP contribution in [0.2, 0.25) is 0 Å². The molecule has 2 aromatic rings. The quantitative estimate of drug-likeness (QED) is 0.907. The van der Waals surface area contributed by atoms with E-state index in [1.165, 1.54) is 0 Å². The predicted octanol–water partition coefficient (Wildman–Crippen LogP) is 2.59. The SMILES string of the molecule is Cc1cccc2[nH]cc(CC(=O)N3C[C@H](C(=O)O)[C@@H](C4CC4)C3)c12. The first kappa shape index (κ1) is 15.2. The maximum Gasteiger partial charge on any atom is 0.308 e. The van der Waals surface area contributed by atoms with E-state index in [1.807, 2.05) is 31.3 Å². The molecule has 0 radical (unpaired) electrons. The molecule has 1 amide bonds. The van der Waals surface area contributed by atoms with Crippen LogP contribution >= 0.6 is 0 Å². The molecule has 0 unspecified atom stereocenters.